The van der Waals surface area contributed by atoms with Gasteiger partial charge in [0.1, 0.15) is 5.75 Å². The molecule has 0 spiro atoms. The highest BCUT2D eigenvalue weighted by molar-refractivity contribution is 5.77. The number of nitrogen functional groups attached to an aromatic ring is 1. The van der Waals surface area contributed by atoms with Gasteiger partial charge in [0.2, 0.25) is 0 Å². The van der Waals surface area contributed by atoms with E-state index in [4.69, 9.17) is 15.2 Å². The predicted molar refractivity (Wildman–Crippen MR) is 170 cm³/mol. The molecule has 0 aliphatic heterocycles. The number of benzene rings is 2. The van der Waals surface area contributed by atoms with E-state index in [1.807, 2.05) is 30.3 Å². The maximum atomic E-state index is 6.52. The van der Waals surface area contributed by atoms with Gasteiger partial charge in [-0.15, -0.1) is 0 Å². The molecule has 39 heavy (non-hydrogen) atoms. The molecule has 0 aliphatic rings. The number of nitrogens with two attached hydrogens (primary N) is 1. The van der Waals surface area contributed by atoms with E-state index in [9.17, 15) is 0 Å². The molecule has 1 unspecified atom stereocenters. The fourth-order valence-corrected chi connectivity index (χ4v) is 6.00. The Morgan fingerprint density at radius 1 is 0.692 bits per heavy atom. The number of anilines is 1. The second-order valence-electron chi connectivity index (χ2n) is 13.0. The van der Waals surface area contributed by atoms with Crippen LogP contribution in [0.3, 0.4) is 0 Å². The van der Waals surface area contributed by atoms with Gasteiger partial charge < -0.3 is 15.2 Å². The summed E-state index contributed by atoms with van der Waals surface area (Å²) in [5, 5.41) is 0. The van der Waals surface area contributed by atoms with Gasteiger partial charge in [0.05, 0.1) is 12.2 Å². The van der Waals surface area contributed by atoms with Gasteiger partial charge in [-0.2, -0.15) is 0 Å². The van der Waals surface area contributed by atoms with Crippen molar-refractivity contribution < 1.29 is 9.47 Å². The van der Waals surface area contributed by atoms with Crippen LogP contribution in [0.5, 0.6) is 5.75 Å². The van der Waals surface area contributed by atoms with Crippen LogP contribution >= 0.6 is 0 Å². The molecule has 0 bridgehead atoms. The third-order valence-corrected chi connectivity index (χ3v) is 8.12. The summed E-state index contributed by atoms with van der Waals surface area (Å²) >= 11 is 0. The Morgan fingerprint density at radius 2 is 1.28 bits per heavy atom. The summed E-state index contributed by atoms with van der Waals surface area (Å²) in [6.45, 7) is 15.7. The lowest BCUT2D eigenvalue weighted by Gasteiger charge is -2.43. The Bertz CT molecular complexity index is 900. The SMILES string of the molecule is CCCCCCCCC(C(C)(C)C)C(C)(C)OCCCCCCCCOc1ccc(-c2ccccc2)c(N)c1. The monoisotopic (exact) mass is 537 g/mol. The van der Waals surface area contributed by atoms with Crippen molar-refractivity contribution in [1.82, 2.24) is 0 Å². The molecule has 0 radical (unpaired) electrons. The molecule has 220 valence electrons. The lowest BCUT2D eigenvalue weighted by atomic mass is 9.69. The zero-order valence-corrected chi connectivity index (χ0v) is 26.2. The van der Waals surface area contributed by atoms with E-state index in [0.717, 1.165) is 48.6 Å². The van der Waals surface area contributed by atoms with Crippen LogP contribution in [0.25, 0.3) is 11.1 Å². The van der Waals surface area contributed by atoms with Gasteiger partial charge in [-0.05, 0) is 62.1 Å². The van der Waals surface area contributed by atoms with E-state index < -0.39 is 0 Å². The molecule has 3 heteroatoms. The molecule has 0 heterocycles. The molecule has 2 aromatic rings. The molecule has 2 rings (SSSR count). The van der Waals surface area contributed by atoms with E-state index >= 15 is 0 Å². The standard InChI is InChI=1S/C36H59NO2/c1-7-8-9-10-13-19-24-34(35(2,3)4)36(5,6)39-28-21-15-12-11-14-20-27-38-31-25-26-32(33(37)29-31)30-22-17-16-18-23-30/h16-18,22-23,25-26,29,34H,7-15,19-21,24,27-28,37H2,1-6H3. The van der Waals surface area contributed by atoms with Crippen molar-refractivity contribution in [2.75, 3.05) is 18.9 Å². The van der Waals surface area contributed by atoms with Crippen molar-refractivity contribution in [3.8, 4) is 16.9 Å². The average molecular weight is 538 g/mol. The zero-order chi connectivity index (χ0) is 28.6. The minimum absolute atomic E-state index is 0.0678. The van der Waals surface area contributed by atoms with Crippen LogP contribution < -0.4 is 10.5 Å². The Hall–Kier alpha value is -2.00. The summed E-state index contributed by atoms with van der Waals surface area (Å²) in [5.41, 5.74) is 9.44. The first-order valence-electron chi connectivity index (χ1n) is 15.9. The molecule has 0 saturated heterocycles. The van der Waals surface area contributed by atoms with Crippen LogP contribution in [0.4, 0.5) is 5.69 Å². The van der Waals surface area contributed by atoms with Crippen molar-refractivity contribution in [3.05, 3.63) is 48.5 Å². The Labute approximate surface area is 241 Å². The minimum atomic E-state index is -0.0678. The molecule has 1 atom stereocenters. The minimum Gasteiger partial charge on any atom is -0.494 e. The number of ether oxygens (including phenoxy) is 2. The Balaban J connectivity index is 1.57. The largest absolute Gasteiger partial charge is 0.494 e. The van der Waals surface area contributed by atoms with E-state index in [2.05, 4.69) is 59.7 Å². The quantitative estimate of drug-likeness (QED) is 0.135. The van der Waals surface area contributed by atoms with Crippen LogP contribution in [0.1, 0.15) is 125 Å². The van der Waals surface area contributed by atoms with Crippen LogP contribution in [-0.4, -0.2) is 18.8 Å². The summed E-state index contributed by atoms with van der Waals surface area (Å²) in [4.78, 5) is 0. The topological polar surface area (TPSA) is 44.5 Å². The third kappa shape index (κ3) is 12.8. The van der Waals surface area contributed by atoms with Gasteiger partial charge in [-0.3, -0.25) is 0 Å². The lowest BCUT2D eigenvalue weighted by molar-refractivity contribution is -0.0962. The summed E-state index contributed by atoms with van der Waals surface area (Å²) in [5.74, 6) is 1.44. The van der Waals surface area contributed by atoms with Crippen LogP contribution in [0.2, 0.25) is 0 Å². The highest BCUT2D eigenvalue weighted by atomic mass is 16.5. The van der Waals surface area contributed by atoms with Crippen molar-refractivity contribution in [1.29, 1.82) is 0 Å². The van der Waals surface area contributed by atoms with Crippen molar-refractivity contribution in [2.24, 2.45) is 11.3 Å². The molecule has 3 nitrogen and oxygen atoms in total. The van der Waals surface area contributed by atoms with Crippen LogP contribution in [0.15, 0.2) is 48.5 Å². The van der Waals surface area contributed by atoms with Crippen LogP contribution in [0, 0.1) is 11.3 Å². The van der Waals surface area contributed by atoms with Crippen LogP contribution in [-0.2, 0) is 4.74 Å². The second-order valence-corrected chi connectivity index (χ2v) is 13.0. The van der Waals surface area contributed by atoms with Gasteiger partial charge in [-0.1, -0.05) is 122 Å². The Kier molecular flexibility index (Phi) is 15.0. The molecule has 0 aliphatic carbocycles. The first kappa shape index (κ1) is 33.2. The average Bonchev–Trinajstić information content (AvgIpc) is 2.89. The van der Waals surface area contributed by atoms with Crippen molar-refractivity contribution in [2.45, 2.75) is 131 Å². The van der Waals surface area contributed by atoms with Gasteiger partial charge in [-0.25, -0.2) is 0 Å². The predicted octanol–water partition coefficient (Wildman–Crippen LogP) is 10.9. The number of hydrogen-bond donors (Lipinski definition) is 1. The molecule has 2 N–H and O–H groups in total. The number of unbranched alkanes of at least 4 members (excludes halogenated alkanes) is 10. The first-order chi connectivity index (χ1) is 18.6. The summed E-state index contributed by atoms with van der Waals surface area (Å²) in [7, 11) is 0. The molecule has 0 fully saturated rings. The molecule has 2 aromatic carbocycles. The fourth-order valence-electron chi connectivity index (χ4n) is 6.00. The molecule has 0 saturated carbocycles. The smallest absolute Gasteiger partial charge is 0.121 e. The molecule has 0 aromatic heterocycles. The normalized spacial score (nSPS) is 13.0. The van der Waals surface area contributed by atoms with Gasteiger partial charge in [0.25, 0.3) is 0 Å². The van der Waals surface area contributed by atoms with Crippen molar-refractivity contribution in [3.63, 3.8) is 0 Å². The number of hydrogen-bond acceptors (Lipinski definition) is 3. The van der Waals surface area contributed by atoms with E-state index in [0.29, 0.717) is 5.92 Å². The van der Waals surface area contributed by atoms with E-state index in [1.54, 1.807) is 0 Å². The molecular weight excluding hydrogens is 478 g/mol. The fraction of sp³-hybridized carbons (Fsp3) is 0.667. The van der Waals surface area contributed by atoms with Gasteiger partial charge >= 0.3 is 0 Å². The summed E-state index contributed by atoms with van der Waals surface area (Å²) in [6.07, 6.45) is 16.6. The molecular formula is C36H59NO2. The highest BCUT2D eigenvalue weighted by Gasteiger charge is 2.38. The van der Waals surface area contributed by atoms with E-state index in [1.165, 1.54) is 70.6 Å². The Morgan fingerprint density at radius 3 is 1.90 bits per heavy atom. The highest BCUT2D eigenvalue weighted by Crippen LogP contribution is 2.40. The summed E-state index contributed by atoms with van der Waals surface area (Å²) in [6, 6.07) is 16.3. The second kappa shape index (κ2) is 17.6. The third-order valence-electron chi connectivity index (χ3n) is 8.12. The van der Waals surface area contributed by atoms with Crippen molar-refractivity contribution >= 4 is 5.69 Å². The van der Waals surface area contributed by atoms with Gasteiger partial charge in [0, 0.05) is 23.9 Å². The maximum Gasteiger partial charge on any atom is 0.121 e. The first-order valence-corrected chi connectivity index (χ1v) is 15.9. The molecule has 0 amide bonds. The zero-order valence-electron chi connectivity index (χ0n) is 26.2. The maximum absolute atomic E-state index is 6.52. The van der Waals surface area contributed by atoms with Gasteiger partial charge in [0.15, 0.2) is 0 Å². The lowest BCUT2D eigenvalue weighted by Crippen LogP contribution is -2.42. The van der Waals surface area contributed by atoms with E-state index in [-0.39, 0.29) is 11.0 Å². The number of rotatable bonds is 20. The summed E-state index contributed by atoms with van der Waals surface area (Å²) < 4.78 is 12.5.